The van der Waals surface area contributed by atoms with Gasteiger partial charge in [-0.2, -0.15) is 0 Å². The van der Waals surface area contributed by atoms with Crippen LogP contribution in [-0.2, 0) is 6.42 Å². The van der Waals surface area contributed by atoms with Gasteiger partial charge in [0.1, 0.15) is 5.75 Å². The summed E-state index contributed by atoms with van der Waals surface area (Å²) in [5.74, 6) is 1.82. The second kappa shape index (κ2) is 6.80. The lowest BCUT2D eigenvalue weighted by Gasteiger charge is -2.14. The molecule has 1 aromatic carbocycles. The molecule has 0 radical (unpaired) electrons. The van der Waals surface area contributed by atoms with Gasteiger partial charge >= 0.3 is 0 Å². The number of phenols is 1. The molecule has 0 aliphatic carbocycles. The Morgan fingerprint density at radius 3 is 2.80 bits per heavy atom. The van der Waals surface area contributed by atoms with E-state index < -0.39 is 0 Å². The molecule has 0 saturated carbocycles. The molecule has 0 saturated heterocycles. The molecule has 0 amide bonds. The number of aromatic hydroxyl groups is 1. The molecule has 110 valence electrons. The minimum Gasteiger partial charge on any atom is -0.508 e. The minimum atomic E-state index is 0.330. The van der Waals surface area contributed by atoms with Crippen molar-refractivity contribution in [3.05, 3.63) is 30.0 Å². The summed E-state index contributed by atoms with van der Waals surface area (Å²) in [5, 5.41) is 14.2. The maximum absolute atomic E-state index is 9.57. The molecule has 1 heterocycles. The fourth-order valence-electron chi connectivity index (χ4n) is 2.83. The fourth-order valence-corrected chi connectivity index (χ4v) is 2.83. The van der Waals surface area contributed by atoms with Crippen LogP contribution >= 0.6 is 0 Å². The number of phenolic OH excluding ortho intramolecular Hbond substituents is 1. The van der Waals surface area contributed by atoms with Crippen molar-refractivity contribution in [1.29, 1.82) is 0 Å². The summed E-state index contributed by atoms with van der Waals surface area (Å²) in [4.78, 5) is 3.25. The van der Waals surface area contributed by atoms with E-state index in [2.05, 4.69) is 31.1 Å². The first-order chi connectivity index (χ1) is 9.56. The van der Waals surface area contributed by atoms with Gasteiger partial charge in [-0.1, -0.05) is 20.8 Å². The topological polar surface area (TPSA) is 48.0 Å². The fraction of sp³-hybridized carbons (Fsp3) is 0.529. The number of aromatic amines is 1. The predicted octanol–water partition coefficient (Wildman–Crippen LogP) is 3.69. The van der Waals surface area contributed by atoms with Gasteiger partial charge in [-0.3, -0.25) is 0 Å². The number of aromatic nitrogens is 1. The average Bonchev–Trinajstić information content (AvgIpc) is 2.76. The van der Waals surface area contributed by atoms with Gasteiger partial charge in [-0.15, -0.1) is 0 Å². The second-order valence-electron chi connectivity index (χ2n) is 6.23. The van der Waals surface area contributed by atoms with Crippen LogP contribution in [0.5, 0.6) is 5.75 Å². The van der Waals surface area contributed by atoms with Crippen molar-refractivity contribution in [2.75, 3.05) is 13.1 Å². The van der Waals surface area contributed by atoms with E-state index in [4.69, 9.17) is 0 Å². The molecule has 2 aromatic rings. The molecule has 3 heteroatoms. The molecular formula is C17H26N2O. The SMILES string of the molecule is CC(C)CC(C)CNCCc1c[nH]c2ccc(O)cc12. The molecule has 0 fully saturated rings. The maximum atomic E-state index is 9.57. The van der Waals surface area contributed by atoms with Crippen LogP contribution < -0.4 is 5.32 Å². The van der Waals surface area contributed by atoms with Crippen LogP contribution in [0.2, 0.25) is 0 Å². The van der Waals surface area contributed by atoms with Crippen LogP contribution in [0.3, 0.4) is 0 Å². The van der Waals surface area contributed by atoms with Crippen molar-refractivity contribution in [1.82, 2.24) is 10.3 Å². The summed E-state index contributed by atoms with van der Waals surface area (Å²) < 4.78 is 0. The molecule has 0 bridgehead atoms. The van der Waals surface area contributed by atoms with Crippen molar-refractivity contribution in [2.24, 2.45) is 11.8 Å². The third-order valence-corrected chi connectivity index (χ3v) is 3.69. The smallest absolute Gasteiger partial charge is 0.116 e. The van der Waals surface area contributed by atoms with Crippen LogP contribution in [-0.4, -0.2) is 23.2 Å². The molecular weight excluding hydrogens is 248 g/mol. The Hall–Kier alpha value is -1.48. The van der Waals surface area contributed by atoms with Crippen LogP contribution in [0.4, 0.5) is 0 Å². The standard InChI is InChI=1S/C17H26N2O/c1-12(2)8-13(3)10-18-7-6-14-11-19-17-5-4-15(20)9-16(14)17/h4-5,9,11-13,18-20H,6-8,10H2,1-3H3. The van der Waals surface area contributed by atoms with Crippen molar-refractivity contribution in [3.63, 3.8) is 0 Å². The van der Waals surface area contributed by atoms with E-state index in [1.807, 2.05) is 18.3 Å². The highest BCUT2D eigenvalue weighted by Gasteiger charge is 2.06. The number of rotatable bonds is 7. The Kier molecular flexibility index (Phi) is 5.07. The van der Waals surface area contributed by atoms with Gasteiger partial charge in [0.2, 0.25) is 0 Å². The second-order valence-corrected chi connectivity index (χ2v) is 6.23. The Labute approximate surface area is 121 Å². The van der Waals surface area contributed by atoms with Gasteiger partial charge in [-0.05, 0) is 61.5 Å². The number of benzene rings is 1. The largest absolute Gasteiger partial charge is 0.508 e. The molecule has 3 nitrogen and oxygen atoms in total. The average molecular weight is 274 g/mol. The summed E-state index contributed by atoms with van der Waals surface area (Å²) in [6, 6.07) is 5.48. The Morgan fingerprint density at radius 1 is 1.25 bits per heavy atom. The monoisotopic (exact) mass is 274 g/mol. The van der Waals surface area contributed by atoms with E-state index in [1.165, 1.54) is 12.0 Å². The van der Waals surface area contributed by atoms with Gasteiger partial charge in [0.05, 0.1) is 0 Å². The molecule has 1 atom stereocenters. The molecule has 0 aliphatic rings. The van der Waals surface area contributed by atoms with E-state index in [9.17, 15) is 5.11 Å². The zero-order valence-electron chi connectivity index (χ0n) is 12.7. The molecule has 1 aromatic heterocycles. The summed E-state index contributed by atoms with van der Waals surface area (Å²) >= 11 is 0. The molecule has 2 rings (SSSR count). The number of hydrogen-bond acceptors (Lipinski definition) is 2. The highest BCUT2D eigenvalue weighted by molar-refractivity contribution is 5.84. The first kappa shape index (κ1) is 14.9. The van der Waals surface area contributed by atoms with E-state index in [0.29, 0.717) is 5.75 Å². The summed E-state index contributed by atoms with van der Waals surface area (Å²) in [5.41, 5.74) is 2.35. The lowest BCUT2D eigenvalue weighted by Crippen LogP contribution is -2.24. The lowest BCUT2D eigenvalue weighted by atomic mass is 9.99. The van der Waals surface area contributed by atoms with Gasteiger partial charge in [0.25, 0.3) is 0 Å². The van der Waals surface area contributed by atoms with Crippen LogP contribution in [0.15, 0.2) is 24.4 Å². The minimum absolute atomic E-state index is 0.330. The quantitative estimate of drug-likeness (QED) is 0.674. The Balaban J connectivity index is 1.83. The Morgan fingerprint density at radius 2 is 2.05 bits per heavy atom. The van der Waals surface area contributed by atoms with Crippen LogP contribution in [0.1, 0.15) is 32.8 Å². The zero-order chi connectivity index (χ0) is 14.5. The first-order valence-corrected chi connectivity index (χ1v) is 7.56. The third-order valence-electron chi connectivity index (χ3n) is 3.69. The maximum Gasteiger partial charge on any atom is 0.116 e. The van der Waals surface area contributed by atoms with Gasteiger partial charge in [-0.25, -0.2) is 0 Å². The van der Waals surface area contributed by atoms with E-state index in [-0.39, 0.29) is 0 Å². The molecule has 3 N–H and O–H groups in total. The lowest BCUT2D eigenvalue weighted by molar-refractivity contribution is 0.415. The van der Waals surface area contributed by atoms with Crippen molar-refractivity contribution >= 4 is 10.9 Å². The summed E-state index contributed by atoms with van der Waals surface area (Å²) in [6.45, 7) is 8.90. The number of H-pyrrole nitrogens is 1. The van der Waals surface area contributed by atoms with Gasteiger partial charge < -0.3 is 15.4 Å². The Bertz CT molecular complexity index is 545. The molecule has 20 heavy (non-hydrogen) atoms. The molecule has 0 spiro atoms. The number of hydrogen-bond donors (Lipinski definition) is 3. The predicted molar refractivity (Wildman–Crippen MR) is 85.2 cm³/mol. The molecule has 1 unspecified atom stereocenters. The summed E-state index contributed by atoms with van der Waals surface area (Å²) in [7, 11) is 0. The van der Waals surface area contributed by atoms with Crippen molar-refractivity contribution < 1.29 is 5.11 Å². The van der Waals surface area contributed by atoms with Crippen molar-refractivity contribution in [2.45, 2.75) is 33.6 Å². The zero-order valence-corrected chi connectivity index (χ0v) is 12.7. The highest BCUT2D eigenvalue weighted by atomic mass is 16.3. The first-order valence-electron chi connectivity index (χ1n) is 7.56. The molecule has 0 aliphatic heterocycles. The van der Waals surface area contributed by atoms with Crippen molar-refractivity contribution in [3.8, 4) is 5.75 Å². The normalized spacial score (nSPS) is 13.2. The van der Waals surface area contributed by atoms with Crippen LogP contribution in [0.25, 0.3) is 10.9 Å². The van der Waals surface area contributed by atoms with Gasteiger partial charge in [0.15, 0.2) is 0 Å². The van der Waals surface area contributed by atoms with E-state index in [1.54, 1.807) is 6.07 Å². The number of nitrogens with one attached hydrogen (secondary N) is 2. The van der Waals surface area contributed by atoms with Crippen LogP contribution in [0, 0.1) is 11.8 Å². The number of fused-ring (bicyclic) bond motifs is 1. The summed E-state index contributed by atoms with van der Waals surface area (Å²) in [6.07, 6.45) is 4.30. The van der Waals surface area contributed by atoms with E-state index >= 15 is 0 Å². The van der Waals surface area contributed by atoms with E-state index in [0.717, 1.165) is 42.2 Å². The highest BCUT2D eigenvalue weighted by Crippen LogP contribution is 2.23. The third kappa shape index (κ3) is 4.01. The van der Waals surface area contributed by atoms with Gasteiger partial charge in [0, 0.05) is 17.1 Å².